The number of esters is 2. The quantitative estimate of drug-likeness (QED) is 0.559. The number of amides is 1. The van der Waals surface area contributed by atoms with Crippen molar-refractivity contribution >= 4 is 23.5 Å². The zero-order chi connectivity index (χ0) is 27.9. The van der Waals surface area contributed by atoms with Crippen LogP contribution in [0.15, 0.2) is 84.2 Å². The molecule has 2 atom stereocenters. The third kappa shape index (κ3) is 3.25. The number of benzene rings is 2. The maximum Gasteiger partial charge on any atom is 0.355 e. The third-order valence-electron chi connectivity index (χ3n) is 7.38. The van der Waals surface area contributed by atoms with Gasteiger partial charge in [0.1, 0.15) is 16.9 Å². The van der Waals surface area contributed by atoms with E-state index in [1.54, 1.807) is 36.4 Å². The van der Waals surface area contributed by atoms with Crippen LogP contribution >= 0.6 is 0 Å². The Morgan fingerprint density at radius 1 is 1.03 bits per heavy atom. The SMILES string of the molecule is COC(=O)C1=C(C(=O)OC)[C@]2(C(=O)N(Cc3ccccc3)c3ccc(F)cc32)C(C#N)(C#N)[C@H]2C=CC=CN12. The van der Waals surface area contributed by atoms with E-state index in [1.165, 1.54) is 34.2 Å². The van der Waals surface area contributed by atoms with E-state index in [4.69, 9.17) is 9.47 Å². The fourth-order valence-corrected chi connectivity index (χ4v) is 5.79. The molecule has 1 amide bonds. The van der Waals surface area contributed by atoms with E-state index in [1.807, 2.05) is 12.1 Å². The molecular weight excluding hydrogens is 503 g/mol. The van der Waals surface area contributed by atoms with Crippen LogP contribution < -0.4 is 4.90 Å². The average molecular weight is 525 g/mol. The Kier molecular flexibility index (Phi) is 6.04. The second-order valence-corrected chi connectivity index (χ2v) is 9.11. The molecule has 3 aliphatic heterocycles. The number of halogens is 1. The fourth-order valence-electron chi connectivity index (χ4n) is 5.79. The summed E-state index contributed by atoms with van der Waals surface area (Å²) < 4.78 is 25.0. The minimum Gasteiger partial charge on any atom is -0.466 e. The van der Waals surface area contributed by atoms with Gasteiger partial charge in [-0.2, -0.15) is 10.5 Å². The van der Waals surface area contributed by atoms with E-state index < -0.39 is 46.1 Å². The fraction of sp³-hybridized carbons (Fsp3) is 0.207. The number of anilines is 1. The number of carbonyl (C=O) groups is 3. The van der Waals surface area contributed by atoms with E-state index >= 15 is 0 Å². The minimum atomic E-state index is -2.45. The maximum atomic E-state index is 15.0. The maximum absolute atomic E-state index is 15.0. The lowest BCUT2D eigenvalue weighted by atomic mass is 9.52. The summed E-state index contributed by atoms with van der Waals surface area (Å²) in [5.41, 5.74) is -4.97. The van der Waals surface area contributed by atoms with Gasteiger partial charge in [0.2, 0.25) is 5.91 Å². The van der Waals surface area contributed by atoms with Crippen LogP contribution in [0.4, 0.5) is 10.1 Å². The summed E-state index contributed by atoms with van der Waals surface area (Å²) in [6.45, 7) is -0.0148. The normalized spacial score (nSPS) is 22.2. The molecule has 5 rings (SSSR count). The van der Waals surface area contributed by atoms with Gasteiger partial charge in [-0.25, -0.2) is 14.0 Å². The summed E-state index contributed by atoms with van der Waals surface area (Å²) in [4.78, 5) is 44.2. The molecule has 0 aliphatic carbocycles. The predicted molar refractivity (Wildman–Crippen MR) is 134 cm³/mol. The summed E-state index contributed by atoms with van der Waals surface area (Å²) in [5.74, 6) is -3.76. The molecule has 10 heteroatoms. The number of nitriles is 2. The first-order valence-electron chi connectivity index (χ1n) is 11.9. The summed E-state index contributed by atoms with van der Waals surface area (Å²) in [5, 5.41) is 21.5. The summed E-state index contributed by atoms with van der Waals surface area (Å²) in [6, 6.07) is 15.2. The van der Waals surface area contributed by atoms with Crippen LogP contribution in [0.2, 0.25) is 0 Å². The molecule has 0 unspecified atom stereocenters. The molecule has 1 spiro atoms. The third-order valence-corrected chi connectivity index (χ3v) is 7.38. The molecular formula is C29H21FN4O5. The Morgan fingerprint density at radius 3 is 2.36 bits per heavy atom. The van der Waals surface area contributed by atoms with E-state index in [0.29, 0.717) is 5.56 Å². The number of carbonyl (C=O) groups excluding carboxylic acids is 3. The van der Waals surface area contributed by atoms with Gasteiger partial charge in [-0.15, -0.1) is 0 Å². The second-order valence-electron chi connectivity index (χ2n) is 9.11. The van der Waals surface area contributed by atoms with Crippen LogP contribution in [0.5, 0.6) is 0 Å². The van der Waals surface area contributed by atoms with Crippen molar-refractivity contribution in [1.29, 1.82) is 10.5 Å². The van der Waals surface area contributed by atoms with Gasteiger partial charge in [0, 0.05) is 17.5 Å². The van der Waals surface area contributed by atoms with Gasteiger partial charge in [0.25, 0.3) is 0 Å². The minimum absolute atomic E-state index is 0.0148. The largest absolute Gasteiger partial charge is 0.466 e. The van der Waals surface area contributed by atoms with Crippen LogP contribution in [0.3, 0.4) is 0 Å². The number of ether oxygens (including phenoxy) is 2. The van der Waals surface area contributed by atoms with Crippen LogP contribution in [-0.2, 0) is 35.8 Å². The second kappa shape index (κ2) is 9.26. The molecule has 2 aromatic rings. The van der Waals surface area contributed by atoms with Gasteiger partial charge in [-0.05, 0) is 29.8 Å². The highest BCUT2D eigenvalue weighted by Crippen LogP contribution is 2.62. The average Bonchev–Trinajstić information content (AvgIpc) is 3.20. The zero-order valence-electron chi connectivity index (χ0n) is 20.9. The number of methoxy groups -OCH3 is 2. The molecule has 0 saturated heterocycles. The van der Waals surface area contributed by atoms with Crippen molar-refractivity contribution in [2.24, 2.45) is 5.41 Å². The molecule has 0 aromatic heterocycles. The van der Waals surface area contributed by atoms with Crippen LogP contribution in [-0.4, -0.2) is 43.0 Å². The van der Waals surface area contributed by atoms with Crippen molar-refractivity contribution < 1.29 is 28.2 Å². The number of hydrogen-bond donors (Lipinski definition) is 0. The van der Waals surface area contributed by atoms with Crippen molar-refractivity contribution in [1.82, 2.24) is 4.90 Å². The molecule has 3 aliphatic rings. The molecule has 2 aromatic carbocycles. The van der Waals surface area contributed by atoms with E-state index in [9.17, 15) is 29.3 Å². The van der Waals surface area contributed by atoms with Crippen molar-refractivity contribution in [3.8, 4) is 12.1 Å². The molecule has 39 heavy (non-hydrogen) atoms. The van der Waals surface area contributed by atoms with Gasteiger partial charge >= 0.3 is 11.9 Å². The Morgan fingerprint density at radius 2 is 1.72 bits per heavy atom. The molecule has 9 nitrogen and oxygen atoms in total. The monoisotopic (exact) mass is 524 g/mol. The van der Waals surface area contributed by atoms with Gasteiger partial charge in [-0.3, -0.25) is 4.79 Å². The number of hydrogen-bond acceptors (Lipinski definition) is 8. The number of nitrogens with zero attached hydrogens (tertiary/aromatic N) is 4. The molecule has 0 fully saturated rings. The number of fused-ring (bicyclic) bond motifs is 3. The summed E-state index contributed by atoms with van der Waals surface area (Å²) >= 11 is 0. The first kappa shape index (κ1) is 25.4. The van der Waals surface area contributed by atoms with Crippen LogP contribution in [0.25, 0.3) is 0 Å². The molecule has 0 bridgehead atoms. The Labute approximate surface area is 223 Å². The van der Waals surface area contributed by atoms with Gasteiger partial charge in [0.15, 0.2) is 5.41 Å². The standard InChI is InChI=1S/C29H21FN4O5/c1-38-25(35)23-24(26(36)39-2)33-13-7-6-10-22(33)28(16-31,17-32)29(23)20-14-19(30)11-12-21(20)34(27(29)37)15-18-8-4-3-5-9-18/h3-14,22H,15H2,1-2H3/t22-,29-/m1/s1. The first-order valence-corrected chi connectivity index (χ1v) is 11.9. The molecule has 0 N–H and O–H groups in total. The highest BCUT2D eigenvalue weighted by molar-refractivity contribution is 6.19. The lowest BCUT2D eigenvalue weighted by Crippen LogP contribution is -2.66. The number of allylic oxidation sites excluding steroid dienone is 2. The highest BCUT2D eigenvalue weighted by atomic mass is 19.1. The molecule has 0 saturated carbocycles. The Bertz CT molecular complexity index is 1570. The first-order chi connectivity index (χ1) is 18.8. The van der Waals surface area contributed by atoms with Crippen molar-refractivity contribution in [3.63, 3.8) is 0 Å². The van der Waals surface area contributed by atoms with Gasteiger partial charge in [-0.1, -0.05) is 42.5 Å². The molecule has 0 radical (unpaired) electrons. The van der Waals surface area contributed by atoms with Crippen LogP contribution in [0, 0.1) is 33.9 Å². The molecule has 194 valence electrons. The van der Waals surface area contributed by atoms with Crippen LogP contribution in [0.1, 0.15) is 11.1 Å². The number of rotatable bonds is 4. The summed E-state index contributed by atoms with van der Waals surface area (Å²) in [7, 11) is 2.14. The Hall–Kier alpha value is -5.22. The zero-order valence-corrected chi connectivity index (χ0v) is 20.9. The van der Waals surface area contributed by atoms with Crippen molar-refractivity contribution in [2.75, 3.05) is 19.1 Å². The Balaban J connectivity index is 1.97. The van der Waals surface area contributed by atoms with Crippen molar-refractivity contribution in [3.05, 3.63) is 101 Å². The summed E-state index contributed by atoms with van der Waals surface area (Å²) in [6.07, 6.45) is 5.99. The predicted octanol–water partition coefficient (Wildman–Crippen LogP) is 3.01. The lowest BCUT2D eigenvalue weighted by Gasteiger charge is -2.51. The van der Waals surface area contributed by atoms with Gasteiger partial charge < -0.3 is 19.3 Å². The smallest absolute Gasteiger partial charge is 0.355 e. The van der Waals surface area contributed by atoms with Gasteiger partial charge in [0.05, 0.1) is 44.5 Å². The molecule has 3 heterocycles. The van der Waals surface area contributed by atoms with E-state index in [2.05, 4.69) is 0 Å². The topological polar surface area (TPSA) is 124 Å². The van der Waals surface area contributed by atoms with E-state index in [-0.39, 0.29) is 23.5 Å². The van der Waals surface area contributed by atoms with Crippen molar-refractivity contribution in [2.45, 2.75) is 18.0 Å². The lowest BCUT2D eigenvalue weighted by molar-refractivity contribution is -0.144. The van der Waals surface area contributed by atoms with E-state index in [0.717, 1.165) is 26.4 Å². The highest BCUT2D eigenvalue weighted by Gasteiger charge is 2.75.